The molecule has 168 valence electrons. The lowest BCUT2D eigenvalue weighted by Crippen LogP contribution is -2.40. The molecule has 12 heteroatoms. The summed E-state index contributed by atoms with van der Waals surface area (Å²) in [5.74, 6) is -1.85. The van der Waals surface area contributed by atoms with Crippen molar-refractivity contribution >= 4 is 45.0 Å². The lowest BCUT2D eigenvalue weighted by atomic mass is 10.2. The quantitative estimate of drug-likeness (QED) is 0.607. The number of para-hydroxylation sites is 1. The molecule has 1 aliphatic rings. The molecule has 1 aliphatic heterocycles. The van der Waals surface area contributed by atoms with Crippen molar-refractivity contribution in [2.45, 2.75) is 16.0 Å². The van der Waals surface area contributed by atoms with Gasteiger partial charge in [-0.2, -0.15) is 17.5 Å². The monoisotopic (exact) mass is 494 g/mol. The van der Waals surface area contributed by atoms with Crippen LogP contribution in [0.15, 0.2) is 52.3 Å². The molecule has 0 radical (unpaired) electrons. The number of benzene rings is 2. The highest BCUT2D eigenvalue weighted by Gasteiger charge is 2.29. The maximum Gasteiger partial charge on any atom is 0.398 e. The van der Waals surface area contributed by atoms with Crippen molar-refractivity contribution in [3.8, 4) is 0 Å². The first kappa shape index (κ1) is 23.9. The van der Waals surface area contributed by atoms with Gasteiger partial charge in [-0.25, -0.2) is 8.42 Å². The lowest BCUT2D eigenvalue weighted by Gasteiger charge is -2.26. The fourth-order valence-corrected chi connectivity index (χ4v) is 5.23. The van der Waals surface area contributed by atoms with Crippen LogP contribution < -0.4 is 5.32 Å². The molecule has 0 bridgehead atoms. The third kappa shape index (κ3) is 6.13. The number of hydrogen-bond donors (Lipinski definition) is 1. The van der Waals surface area contributed by atoms with E-state index in [1.165, 1.54) is 28.6 Å². The van der Waals surface area contributed by atoms with Crippen molar-refractivity contribution in [3.05, 3.63) is 53.1 Å². The first-order chi connectivity index (χ1) is 14.6. The molecule has 3 rings (SSSR count). The largest absolute Gasteiger partial charge is 0.398 e. The number of amides is 1. The van der Waals surface area contributed by atoms with Crippen LogP contribution in [-0.2, 0) is 14.8 Å². The molecule has 0 unspecified atom stereocenters. The minimum atomic E-state index is -4.37. The molecule has 1 amide bonds. The van der Waals surface area contributed by atoms with Crippen LogP contribution in [0.25, 0.3) is 0 Å². The lowest BCUT2D eigenvalue weighted by molar-refractivity contribution is -0.105. The van der Waals surface area contributed by atoms with Crippen molar-refractivity contribution in [1.29, 1.82) is 0 Å². The van der Waals surface area contributed by atoms with Gasteiger partial charge in [0.05, 0.1) is 40.1 Å². The summed E-state index contributed by atoms with van der Waals surface area (Å²) in [7, 11) is -3.86. The molecule has 0 saturated carbocycles. The number of hydrogen-bond acceptors (Lipinski definition) is 5. The van der Waals surface area contributed by atoms with Crippen LogP contribution in [0.5, 0.6) is 0 Å². The maximum atomic E-state index is 12.9. The summed E-state index contributed by atoms with van der Waals surface area (Å²) in [5.41, 5.74) is 0.0610. The molecule has 0 spiro atoms. The van der Waals surface area contributed by atoms with Gasteiger partial charge in [0.25, 0.3) is 5.91 Å². The van der Waals surface area contributed by atoms with Crippen molar-refractivity contribution in [2.24, 2.45) is 0 Å². The Morgan fingerprint density at radius 1 is 1.16 bits per heavy atom. The summed E-state index contributed by atoms with van der Waals surface area (Å²) >= 11 is 6.65. The molecule has 2 aromatic carbocycles. The summed E-state index contributed by atoms with van der Waals surface area (Å²) in [4.78, 5) is 12.9. The predicted octanol–water partition coefficient (Wildman–Crippen LogP) is 4.27. The standard InChI is InChI=1S/C19H18ClF3N2O4S2/c20-15-6-5-13(31(27,28)25-7-9-29-10-8-25)11-14(15)18(26)24-16-3-1-2-4-17(16)30-12-19(21,22)23/h1-6,11H,7-10,12H2,(H,24,26). The number of ether oxygens (including phenoxy) is 1. The van der Waals surface area contributed by atoms with Crippen LogP contribution in [0.4, 0.5) is 18.9 Å². The molecule has 1 saturated heterocycles. The topological polar surface area (TPSA) is 75.7 Å². The molecule has 1 N–H and O–H groups in total. The zero-order valence-electron chi connectivity index (χ0n) is 16.0. The molecule has 6 nitrogen and oxygen atoms in total. The molecular weight excluding hydrogens is 477 g/mol. The van der Waals surface area contributed by atoms with E-state index in [0.717, 1.165) is 6.07 Å². The SMILES string of the molecule is O=C(Nc1ccccc1SCC(F)(F)F)c1cc(S(=O)(=O)N2CCOCC2)ccc1Cl. The van der Waals surface area contributed by atoms with Crippen LogP contribution in [-0.4, -0.2) is 56.9 Å². The Bertz CT molecular complexity index is 1060. The smallest absolute Gasteiger partial charge is 0.379 e. The van der Waals surface area contributed by atoms with E-state index in [4.69, 9.17) is 16.3 Å². The van der Waals surface area contributed by atoms with Crippen molar-refractivity contribution in [2.75, 3.05) is 37.4 Å². The number of nitrogens with one attached hydrogen (secondary N) is 1. The van der Waals surface area contributed by atoms with Crippen LogP contribution >= 0.6 is 23.4 Å². The van der Waals surface area contributed by atoms with Gasteiger partial charge in [0, 0.05) is 18.0 Å². The summed E-state index contributed by atoms with van der Waals surface area (Å²) in [5, 5.41) is 2.53. The third-order valence-electron chi connectivity index (χ3n) is 4.32. The highest BCUT2D eigenvalue weighted by Crippen LogP contribution is 2.33. The minimum Gasteiger partial charge on any atom is -0.379 e. The third-order valence-corrected chi connectivity index (χ3v) is 7.68. The molecule has 0 aliphatic carbocycles. The van der Waals surface area contributed by atoms with Crippen molar-refractivity contribution in [1.82, 2.24) is 4.31 Å². The van der Waals surface area contributed by atoms with Crippen LogP contribution in [0.1, 0.15) is 10.4 Å². The molecular formula is C19H18ClF3N2O4S2. The first-order valence-corrected chi connectivity index (χ1v) is 11.9. The minimum absolute atomic E-state index is 0.0128. The molecule has 1 heterocycles. The molecule has 1 fully saturated rings. The number of carbonyl (C=O) groups excluding carboxylic acids is 1. The number of alkyl halides is 3. The molecule has 31 heavy (non-hydrogen) atoms. The van der Waals surface area contributed by atoms with Crippen LogP contribution in [0, 0.1) is 0 Å². The summed E-state index contributed by atoms with van der Waals surface area (Å²) < 4.78 is 69.8. The number of morpholine rings is 1. The van der Waals surface area contributed by atoms with Gasteiger partial charge in [0.15, 0.2) is 0 Å². The Balaban J connectivity index is 1.84. The second kappa shape index (κ2) is 9.78. The Morgan fingerprint density at radius 2 is 1.84 bits per heavy atom. The van der Waals surface area contributed by atoms with E-state index < -0.39 is 27.9 Å². The van der Waals surface area contributed by atoms with E-state index in [1.54, 1.807) is 12.1 Å². The van der Waals surface area contributed by atoms with Crippen LogP contribution in [0.2, 0.25) is 5.02 Å². The average Bonchev–Trinajstić information content (AvgIpc) is 2.73. The van der Waals surface area contributed by atoms with Crippen molar-refractivity contribution < 1.29 is 31.1 Å². The van der Waals surface area contributed by atoms with Gasteiger partial charge in [-0.3, -0.25) is 4.79 Å². The Morgan fingerprint density at radius 3 is 2.52 bits per heavy atom. The van der Waals surface area contributed by atoms with Gasteiger partial charge in [-0.05, 0) is 30.3 Å². The van der Waals surface area contributed by atoms with Gasteiger partial charge in [-0.15, -0.1) is 11.8 Å². The van der Waals surface area contributed by atoms with E-state index in [2.05, 4.69) is 5.32 Å². The summed E-state index contributed by atoms with van der Waals surface area (Å²) in [6, 6.07) is 9.79. The van der Waals surface area contributed by atoms with Gasteiger partial charge in [0.1, 0.15) is 0 Å². The van der Waals surface area contributed by atoms with E-state index in [0.29, 0.717) is 11.8 Å². The number of nitrogens with zero attached hydrogens (tertiary/aromatic N) is 1. The summed E-state index contributed by atoms with van der Waals surface area (Å²) in [6.45, 7) is 0.922. The van der Waals surface area contributed by atoms with Gasteiger partial charge >= 0.3 is 6.18 Å². The highest BCUT2D eigenvalue weighted by atomic mass is 35.5. The van der Waals surface area contributed by atoms with E-state index in [-0.39, 0.29) is 52.4 Å². The molecule has 2 aromatic rings. The number of thioether (sulfide) groups is 1. The zero-order chi connectivity index (χ0) is 22.6. The fraction of sp³-hybridized carbons (Fsp3) is 0.316. The number of halogens is 4. The van der Waals surface area contributed by atoms with Crippen LogP contribution in [0.3, 0.4) is 0 Å². The average molecular weight is 495 g/mol. The number of anilines is 1. The number of rotatable bonds is 6. The Hall–Kier alpha value is -1.79. The van der Waals surface area contributed by atoms with Gasteiger partial charge in [-0.1, -0.05) is 23.7 Å². The zero-order valence-corrected chi connectivity index (χ0v) is 18.4. The van der Waals surface area contributed by atoms with Gasteiger partial charge < -0.3 is 10.1 Å². The Labute approximate surface area is 186 Å². The molecule has 0 atom stereocenters. The van der Waals surface area contributed by atoms with E-state index >= 15 is 0 Å². The Kier molecular flexibility index (Phi) is 7.53. The van der Waals surface area contributed by atoms with E-state index in [1.807, 2.05) is 0 Å². The maximum absolute atomic E-state index is 12.9. The fourth-order valence-electron chi connectivity index (χ4n) is 2.82. The second-order valence-electron chi connectivity index (χ2n) is 6.51. The predicted molar refractivity (Wildman–Crippen MR) is 112 cm³/mol. The number of sulfonamides is 1. The summed E-state index contributed by atoms with van der Waals surface area (Å²) in [6.07, 6.45) is -4.37. The van der Waals surface area contributed by atoms with Crippen molar-refractivity contribution in [3.63, 3.8) is 0 Å². The normalized spacial score (nSPS) is 15.6. The highest BCUT2D eigenvalue weighted by molar-refractivity contribution is 7.99. The molecule has 0 aromatic heterocycles. The van der Waals surface area contributed by atoms with Gasteiger partial charge in [0.2, 0.25) is 10.0 Å². The second-order valence-corrected chi connectivity index (χ2v) is 9.87. The van der Waals surface area contributed by atoms with E-state index in [9.17, 15) is 26.4 Å². The first-order valence-electron chi connectivity index (χ1n) is 9.05. The number of carbonyl (C=O) groups is 1.